The van der Waals surface area contributed by atoms with Crippen molar-refractivity contribution in [2.75, 3.05) is 19.8 Å². The molecule has 0 spiro atoms. The van der Waals surface area contributed by atoms with Gasteiger partial charge in [-0.2, -0.15) is 5.10 Å². The van der Waals surface area contributed by atoms with Crippen molar-refractivity contribution in [3.05, 3.63) is 47.3 Å². The lowest BCUT2D eigenvalue weighted by molar-refractivity contribution is -0.132. The van der Waals surface area contributed by atoms with Crippen molar-refractivity contribution in [2.24, 2.45) is 0 Å². The third kappa shape index (κ3) is 4.22. The van der Waals surface area contributed by atoms with Crippen LogP contribution in [0.2, 0.25) is 0 Å². The molecule has 0 unspecified atom stereocenters. The predicted octanol–water partition coefficient (Wildman–Crippen LogP) is 2.33. The quantitative estimate of drug-likeness (QED) is 0.607. The number of hydrogen-bond donors (Lipinski definition) is 1. The molecule has 7 nitrogen and oxygen atoms in total. The van der Waals surface area contributed by atoms with Crippen LogP contribution >= 0.6 is 0 Å². The number of carbonyl (C=O) groups is 2. The van der Waals surface area contributed by atoms with Crippen molar-refractivity contribution in [2.45, 2.75) is 32.7 Å². The number of aromatic amines is 1. The van der Waals surface area contributed by atoms with E-state index in [0.717, 1.165) is 17.0 Å². The van der Waals surface area contributed by atoms with E-state index in [1.54, 1.807) is 11.8 Å². The number of fused-ring (bicyclic) bond motifs is 1. The third-order valence-corrected chi connectivity index (χ3v) is 4.30. The first kappa shape index (κ1) is 18.0. The van der Waals surface area contributed by atoms with Crippen molar-refractivity contribution < 1.29 is 19.1 Å². The molecule has 1 aliphatic rings. The Bertz CT molecular complexity index is 757. The first-order chi connectivity index (χ1) is 12.7. The molecule has 0 saturated heterocycles. The molecule has 0 fully saturated rings. The molecule has 1 aliphatic heterocycles. The first-order valence-corrected chi connectivity index (χ1v) is 8.88. The van der Waals surface area contributed by atoms with E-state index >= 15 is 0 Å². The van der Waals surface area contributed by atoms with Gasteiger partial charge in [-0.25, -0.2) is 4.79 Å². The lowest BCUT2D eigenvalue weighted by Crippen LogP contribution is -2.36. The van der Waals surface area contributed by atoms with Gasteiger partial charge in [0.2, 0.25) is 5.91 Å². The second-order valence-corrected chi connectivity index (χ2v) is 6.08. The van der Waals surface area contributed by atoms with E-state index in [0.29, 0.717) is 45.6 Å². The lowest BCUT2D eigenvalue weighted by atomic mass is 10.0. The number of benzene rings is 1. The highest BCUT2D eigenvalue weighted by molar-refractivity contribution is 5.89. The number of amides is 1. The minimum Gasteiger partial charge on any atom is -0.494 e. The zero-order chi connectivity index (χ0) is 18.4. The third-order valence-electron chi connectivity index (χ3n) is 4.30. The number of rotatable bonds is 7. The highest BCUT2D eigenvalue weighted by Crippen LogP contribution is 2.22. The number of carbonyl (C=O) groups excluding carboxylic acids is 2. The van der Waals surface area contributed by atoms with Crippen molar-refractivity contribution >= 4 is 11.9 Å². The SMILES string of the molecule is CCOC(=O)c1n[nH]c2c1CN(C(=O)CCCOc1ccccc1)CC2. The van der Waals surface area contributed by atoms with Crippen LogP contribution in [0.5, 0.6) is 5.75 Å². The maximum Gasteiger partial charge on any atom is 0.359 e. The molecule has 2 heterocycles. The number of H-pyrrole nitrogens is 1. The van der Waals surface area contributed by atoms with Gasteiger partial charge in [-0.15, -0.1) is 0 Å². The summed E-state index contributed by atoms with van der Waals surface area (Å²) in [7, 11) is 0. The van der Waals surface area contributed by atoms with Crippen molar-refractivity contribution in [1.82, 2.24) is 15.1 Å². The molecule has 0 bridgehead atoms. The summed E-state index contributed by atoms with van der Waals surface area (Å²) >= 11 is 0. The normalized spacial score (nSPS) is 13.2. The van der Waals surface area contributed by atoms with E-state index in [1.165, 1.54) is 0 Å². The Morgan fingerprint density at radius 2 is 2.08 bits per heavy atom. The van der Waals surface area contributed by atoms with Crippen molar-refractivity contribution in [1.29, 1.82) is 0 Å². The Balaban J connectivity index is 1.50. The molecule has 0 radical (unpaired) electrons. The number of esters is 1. The summed E-state index contributed by atoms with van der Waals surface area (Å²) in [6.07, 6.45) is 1.72. The average Bonchev–Trinajstić information content (AvgIpc) is 3.09. The number of hydrogen-bond acceptors (Lipinski definition) is 5. The van der Waals surface area contributed by atoms with Gasteiger partial charge in [0, 0.05) is 37.2 Å². The Hall–Kier alpha value is -2.83. The topological polar surface area (TPSA) is 84.5 Å². The fraction of sp³-hybridized carbons (Fsp3) is 0.421. The van der Waals surface area contributed by atoms with E-state index in [-0.39, 0.29) is 11.6 Å². The number of aromatic nitrogens is 2. The molecule has 0 saturated carbocycles. The molecule has 1 aromatic carbocycles. The fourth-order valence-corrected chi connectivity index (χ4v) is 2.96. The molecule has 1 aromatic heterocycles. The van der Waals surface area contributed by atoms with Gasteiger partial charge in [0.1, 0.15) is 5.75 Å². The van der Waals surface area contributed by atoms with Gasteiger partial charge in [-0.1, -0.05) is 18.2 Å². The van der Waals surface area contributed by atoms with Crippen LogP contribution < -0.4 is 4.74 Å². The smallest absolute Gasteiger partial charge is 0.359 e. The first-order valence-electron chi connectivity index (χ1n) is 8.88. The monoisotopic (exact) mass is 357 g/mol. The molecule has 1 amide bonds. The van der Waals surface area contributed by atoms with Crippen LogP contribution in [0.15, 0.2) is 30.3 Å². The van der Waals surface area contributed by atoms with Crippen LogP contribution in [0.3, 0.4) is 0 Å². The molecule has 26 heavy (non-hydrogen) atoms. The molecule has 138 valence electrons. The predicted molar refractivity (Wildman–Crippen MR) is 94.8 cm³/mol. The van der Waals surface area contributed by atoms with Crippen molar-refractivity contribution in [3.63, 3.8) is 0 Å². The zero-order valence-electron chi connectivity index (χ0n) is 14.9. The molecule has 3 rings (SSSR count). The van der Waals surface area contributed by atoms with Gasteiger partial charge in [-0.05, 0) is 25.5 Å². The minimum absolute atomic E-state index is 0.0586. The maximum absolute atomic E-state index is 12.5. The maximum atomic E-state index is 12.5. The molecule has 0 atom stereocenters. The van der Waals surface area contributed by atoms with Crippen LogP contribution in [0.4, 0.5) is 0 Å². The Kier molecular flexibility index (Phi) is 5.88. The van der Waals surface area contributed by atoms with E-state index in [1.807, 2.05) is 30.3 Å². The van der Waals surface area contributed by atoms with Gasteiger partial charge < -0.3 is 14.4 Å². The summed E-state index contributed by atoms with van der Waals surface area (Å²) in [6, 6.07) is 9.55. The summed E-state index contributed by atoms with van der Waals surface area (Å²) in [5, 5.41) is 6.95. The number of nitrogens with one attached hydrogen (secondary N) is 1. The summed E-state index contributed by atoms with van der Waals surface area (Å²) in [5.41, 5.74) is 1.96. The fourth-order valence-electron chi connectivity index (χ4n) is 2.96. The molecule has 2 aromatic rings. The second-order valence-electron chi connectivity index (χ2n) is 6.08. The number of para-hydroxylation sites is 1. The standard InChI is InChI=1S/C19H23N3O4/c1-2-25-19(24)18-15-13-22(11-10-16(15)20-21-18)17(23)9-6-12-26-14-7-4-3-5-8-14/h3-5,7-8H,2,6,9-13H2,1H3,(H,20,21). The molecule has 1 N–H and O–H groups in total. The van der Waals surface area contributed by atoms with Gasteiger partial charge in [-0.3, -0.25) is 9.89 Å². The molecular formula is C19H23N3O4. The highest BCUT2D eigenvalue weighted by Gasteiger charge is 2.28. The number of nitrogens with zero attached hydrogens (tertiary/aromatic N) is 2. The minimum atomic E-state index is -0.449. The molecule has 7 heteroatoms. The van der Waals surface area contributed by atoms with Crippen LogP contribution in [0.1, 0.15) is 41.5 Å². The Labute approximate surface area is 152 Å². The largest absolute Gasteiger partial charge is 0.494 e. The van der Waals surface area contributed by atoms with Gasteiger partial charge >= 0.3 is 5.97 Å². The lowest BCUT2D eigenvalue weighted by Gasteiger charge is -2.27. The van der Waals surface area contributed by atoms with Crippen molar-refractivity contribution in [3.8, 4) is 5.75 Å². The molecular weight excluding hydrogens is 334 g/mol. The summed E-state index contributed by atoms with van der Waals surface area (Å²) in [5.74, 6) is 0.416. The van der Waals surface area contributed by atoms with E-state index in [2.05, 4.69) is 10.2 Å². The van der Waals surface area contributed by atoms with Crippen LogP contribution in [0.25, 0.3) is 0 Å². The van der Waals surface area contributed by atoms with Gasteiger partial charge in [0.15, 0.2) is 5.69 Å². The summed E-state index contributed by atoms with van der Waals surface area (Å²) in [4.78, 5) is 26.2. The van der Waals surface area contributed by atoms with E-state index in [9.17, 15) is 9.59 Å². The van der Waals surface area contributed by atoms with E-state index in [4.69, 9.17) is 9.47 Å². The van der Waals surface area contributed by atoms with E-state index < -0.39 is 5.97 Å². The second kappa shape index (κ2) is 8.51. The average molecular weight is 357 g/mol. The van der Waals surface area contributed by atoms with Crippen LogP contribution in [-0.2, 0) is 22.5 Å². The summed E-state index contributed by atoms with van der Waals surface area (Å²) < 4.78 is 10.6. The highest BCUT2D eigenvalue weighted by atomic mass is 16.5. The zero-order valence-corrected chi connectivity index (χ0v) is 14.9. The molecule has 0 aliphatic carbocycles. The number of ether oxygens (including phenoxy) is 2. The van der Waals surface area contributed by atoms with Gasteiger partial charge in [0.25, 0.3) is 0 Å². The van der Waals surface area contributed by atoms with Gasteiger partial charge in [0.05, 0.1) is 13.2 Å². The Morgan fingerprint density at radius 3 is 2.85 bits per heavy atom. The van der Waals surface area contributed by atoms with Crippen LogP contribution in [-0.4, -0.2) is 46.7 Å². The Morgan fingerprint density at radius 1 is 1.27 bits per heavy atom. The van der Waals surface area contributed by atoms with Crippen LogP contribution in [0, 0.1) is 0 Å². The summed E-state index contributed by atoms with van der Waals surface area (Å²) in [6.45, 7) is 3.55.